The van der Waals surface area contributed by atoms with Gasteiger partial charge in [-0.15, -0.1) is 0 Å². The highest BCUT2D eigenvalue weighted by atomic mass is 16.5. The minimum Gasteiger partial charge on any atom is -0.492 e. The molecule has 0 spiro atoms. The van der Waals surface area contributed by atoms with Gasteiger partial charge in [-0.1, -0.05) is 30.3 Å². The summed E-state index contributed by atoms with van der Waals surface area (Å²) in [5.41, 5.74) is 9.40. The highest BCUT2D eigenvalue weighted by Crippen LogP contribution is 2.29. The molecule has 190 valence electrons. The number of benzene rings is 3. The summed E-state index contributed by atoms with van der Waals surface area (Å²) in [6.45, 7) is 3.65. The highest BCUT2D eigenvalue weighted by Gasteiger charge is 2.17. The van der Waals surface area contributed by atoms with Crippen molar-refractivity contribution in [1.29, 1.82) is 0 Å². The van der Waals surface area contributed by atoms with Crippen LogP contribution >= 0.6 is 0 Å². The van der Waals surface area contributed by atoms with E-state index in [1.807, 2.05) is 30.3 Å². The second kappa shape index (κ2) is 11.2. The maximum Gasteiger partial charge on any atom is 0.255 e. The maximum absolute atomic E-state index is 12.5. The van der Waals surface area contributed by atoms with Gasteiger partial charge in [0, 0.05) is 29.1 Å². The van der Waals surface area contributed by atoms with Crippen LogP contribution in [0.25, 0.3) is 11.0 Å². The number of carbonyl (C=O) groups excluding carboxylic acids is 2. The van der Waals surface area contributed by atoms with Crippen LogP contribution in [-0.4, -0.2) is 43.5 Å². The van der Waals surface area contributed by atoms with Crippen molar-refractivity contribution in [3.8, 4) is 5.75 Å². The number of fused-ring (bicyclic) bond motifs is 1. The number of nitrogens with one attached hydrogen (secondary N) is 1. The number of para-hydroxylation sites is 3. The number of nitrogen functional groups attached to an aromatic ring is 1. The summed E-state index contributed by atoms with van der Waals surface area (Å²) in [6, 6.07) is 21.9. The number of hydrogen-bond donors (Lipinski definition) is 2. The molecule has 3 aromatic carbocycles. The van der Waals surface area contributed by atoms with Crippen molar-refractivity contribution in [3.05, 3.63) is 83.9 Å². The molecule has 2 amide bonds. The molecule has 3 N–H and O–H groups in total. The monoisotopic (exact) mass is 498 g/mol. The molecule has 0 aliphatic carbocycles. The molecule has 0 atom stereocenters. The molecule has 1 fully saturated rings. The summed E-state index contributed by atoms with van der Waals surface area (Å²) in [4.78, 5) is 28.3. The lowest BCUT2D eigenvalue weighted by molar-refractivity contribution is -0.107. The zero-order chi connectivity index (χ0) is 25.6. The van der Waals surface area contributed by atoms with E-state index in [4.69, 9.17) is 14.9 Å². The van der Waals surface area contributed by atoms with E-state index in [0.717, 1.165) is 42.6 Å². The smallest absolute Gasteiger partial charge is 0.255 e. The third-order valence-corrected chi connectivity index (χ3v) is 6.54. The number of nitrogens with two attached hydrogens (primary N) is 1. The van der Waals surface area contributed by atoms with Crippen LogP contribution in [0.1, 0.15) is 28.8 Å². The first-order valence-corrected chi connectivity index (χ1v) is 12.4. The molecular formula is C29H30N4O4. The minimum absolute atomic E-state index is 0.259. The molecular weight excluding hydrogens is 468 g/mol. The van der Waals surface area contributed by atoms with Gasteiger partial charge in [0.2, 0.25) is 12.3 Å². The number of nitrogens with zero attached hydrogens (tertiary/aromatic N) is 2. The van der Waals surface area contributed by atoms with E-state index in [1.165, 1.54) is 17.7 Å². The molecule has 1 saturated heterocycles. The number of anilines is 3. The SMILES string of the molecule is Nc1ccccc1NC(=O)c1ccc(OCCN(C=O)c2cc3cccc(CN4CCCC4)c3o2)cc1. The van der Waals surface area contributed by atoms with E-state index in [1.54, 1.807) is 36.4 Å². The number of hydrogen-bond acceptors (Lipinski definition) is 6. The van der Waals surface area contributed by atoms with Gasteiger partial charge in [-0.2, -0.15) is 0 Å². The molecule has 1 aliphatic heterocycles. The Bertz CT molecular complexity index is 1380. The van der Waals surface area contributed by atoms with Gasteiger partial charge < -0.3 is 20.2 Å². The molecule has 2 heterocycles. The first-order valence-electron chi connectivity index (χ1n) is 12.4. The fraction of sp³-hybridized carbons (Fsp3) is 0.241. The van der Waals surface area contributed by atoms with Crippen LogP contribution in [-0.2, 0) is 11.3 Å². The zero-order valence-electron chi connectivity index (χ0n) is 20.6. The number of ether oxygens (including phenoxy) is 1. The van der Waals surface area contributed by atoms with Crippen LogP contribution < -0.4 is 20.7 Å². The number of likely N-dealkylation sites (tertiary alicyclic amines) is 1. The molecule has 5 rings (SSSR count). The van der Waals surface area contributed by atoms with Crippen molar-refractivity contribution in [3.63, 3.8) is 0 Å². The van der Waals surface area contributed by atoms with Crippen LogP contribution in [0.2, 0.25) is 0 Å². The van der Waals surface area contributed by atoms with Gasteiger partial charge in [0.05, 0.1) is 17.9 Å². The molecule has 4 aromatic rings. The van der Waals surface area contributed by atoms with E-state index in [-0.39, 0.29) is 12.5 Å². The summed E-state index contributed by atoms with van der Waals surface area (Å²) in [5, 5.41) is 3.78. The van der Waals surface area contributed by atoms with Gasteiger partial charge in [-0.3, -0.25) is 19.4 Å². The summed E-state index contributed by atoms with van der Waals surface area (Å²) < 4.78 is 11.9. The third-order valence-electron chi connectivity index (χ3n) is 6.54. The van der Waals surface area contributed by atoms with Crippen LogP contribution in [0.5, 0.6) is 5.75 Å². The Kier molecular flexibility index (Phi) is 7.37. The van der Waals surface area contributed by atoms with E-state index >= 15 is 0 Å². The van der Waals surface area contributed by atoms with Gasteiger partial charge in [-0.25, -0.2) is 0 Å². The lowest BCUT2D eigenvalue weighted by atomic mass is 10.1. The molecule has 37 heavy (non-hydrogen) atoms. The average molecular weight is 499 g/mol. The van der Waals surface area contributed by atoms with Gasteiger partial charge in [0.15, 0.2) is 0 Å². The molecule has 0 bridgehead atoms. The number of furan rings is 1. The maximum atomic E-state index is 12.5. The number of rotatable bonds is 10. The summed E-state index contributed by atoms with van der Waals surface area (Å²) in [6.07, 6.45) is 3.22. The van der Waals surface area contributed by atoms with Gasteiger partial charge in [0.25, 0.3) is 5.91 Å². The molecule has 0 radical (unpaired) electrons. The molecule has 1 aliphatic rings. The topological polar surface area (TPSA) is 101 Å². The fourth-order valence-corrected chi connectivity index (χ4v) is 4.54. The average Bonchev–Trinajstić information content (AvgIpc) is 3.59. The Morgan fingerprint density at radius 1 is 1.05 bits per heavy atom. The van der Waals surface area contributed by atoms with Gasteiger partial charge in [0.1, 0.15) is 17.9 Å². The van der Waals surface area contributed by atoms with Crippen molar-refractivity contribution in [2.75, 3.05) is 42.2 Å². The lowest BCUT2D eigenvalue weighted by Gasteiger charge is -2.15. The highest BCUT2D eigenvalue weighted by molar-refractivity contribution is 6.05. The van der Waals surface area contributed by atoms with Gasteiger partial charge in [-0.05, 0) is 62.3 Å². The third kappa shape index (κ3) is 5.76. The van der Waals surface area contributed by atoms with Crippen molar-refractivity contribution in [2.24, 2.45) is 0 Å². The predicted octanol–water partition coefficient (Wildman–Crippen LogP) is 4.90. The first-order chi connectivity index (χ1) is 18.1. The number of amides is 2. The lowest BCUT2D eigenvalue weighted by Crippen LogP contribution is -2.26. The molecule has 8 heteroatoms. The molecule has 1 aromatic heterocycles. The van der Waals surface area contributed by atoms with Crippen LogP contribution in [0, 0.1) is 0 Å². The van der Waals surface area contributed by atoms with Crippen LogP contribution in [0.4, 0.5) is 17.3 Å². The van der Waals surface area contributed by atoms with Crippen LogP contribution in [0.3, 0.4) is 0 Å². The summed E-state index contributed by atoms with van der Waals surface area (Å²) in [7, 11) is 0. The summed E-state index contributed by atoms with van der Waals surface area (Å²) >= 11 is 0. The fourth-order valence-electron chi connectivity index (χ4n) is 4.54. The van der Waals surface area contributed by atoms with E-state index in [2.05, 4.69) is 16.3 Å². The van der Waals surface area contributed by atoms with Crippen molar-refractivity contribution < 1.29 is 18.7 Å². The Morgan fingerprint density at radius 2 is 1.84 bits per heavy atom. The summed E-state index contributed by atoms with van der Waals surface area (Å²) in [5.74, 6) is 0.833. The Labute approximate surface area is 215 Å². The standard InChI is InChI=1S/C29H30N4O4/c30-25-8-1-2-9-26(25)31-29(35)21-10-12-24(13-11-21)36-17-16-33(20-34)27-18-22-6-5-7-23(28(22)37-27)19-32-14-3-4-15-32/h1-2,5-13,18,20H,3-4,14-17,19,30H2,(H,31,35). The number of carbonyl (C=O) groups is 2. The molecule has 0 unspecified atom stereocenters. The molecule has 8 nitrogen and oxygen atoms in total. The van der Waals surface area contributed by atoms with Crippen molar-refractivity contribution in [1.82, 2.24) is 4.90 Å². The second-order valence-corrected chi connectivity index (χ2v) is 9.12. The first kappa shape index (κ1) is 24.4. The van der Waals surface area contributed by atoms with E-state index in [9.17, 15) is 9.59 Å². The zero-order valence-corrected chi connectivity index (χ0v) is 20.6. The predicted molar refractivity (Wildman–Crippen MR) is 145 cm³/mol. The van der Waals surface area contributed by atoms with E-state index in [0.29, 0.717) is 35.1 Å². The van der Waals surface area contributed by atoms with Crippen molar-refractivity contribution in [2.45, 2.75) is 19.4 Å². The second-order valence-electron chi connectivity index (χ2n) is 9.12. The molecule has 0 saturated carbocycles. The normalized spacial score (nSPS) is 13.5. The van der Waals surface area contributed by atoms with Gasteiger partial charge >= 0.3 is 0 Å². The minimum atomic E-state index is -0.259. The quantitative estimate of drug-likeness (QED) is 0.238. The van der Waals surface area contributed by atoms with Crippen molar-refractivity contribution >= 4 is 40.5 Å². The van der Waals surface area contributed by atoms with E-state index < -0.39 is 0 Å². The van der Waals surface area contributed by atoms with Crippen LogP contribution in [0.15, 0.2) is 77.2 Å². The Morgan fingerprint density at radius 3 is 2.59 bits per heavy atom. The largest absolute Gasteiger partial charge is 0.492 e. The Hall–Kier alpha value is -4.30. The Balaban J connectivity index is 1.18.